The number of nitrogens with one attached hydrogen (secondary N) is 1. The SMILES string of the molecule is CCOC(=O)[C@@H](NC(=O)c1cc2c3ccccc3n(CCCc3ccccc3)c2c[n+]1Cc1ccccc1)C(C)C.[Br-]. The largest absolute Gasteiger partial charge is 1.00 e. The summed E-state index contributed by atoms with van der Waals surface area (Å²) in [7, 11) is 0. The number of nitrogens with zero attached hydrogens (tertiary/aromatic N) is 2. The minimum Gasteiger partial charge on any atom is -1.00 e. The van der Waals surface area contributed by atoms with Crippen LogP contribution in [0.4, 0.5) is 0 Å². The molecule has 0 saturated carbocycles. The Morgan fingerprint density at radius 3 is 2.17 bits per heavy atom. The van der Waals surface area contributed by atoms with Crippen LogP contribution >= 0.6 is 0 Å². The van der Waals surface area contributed by atoms with Gasteiger partial charge in [0.1, 0.15) is 11.6 Å². The Hall–Kier alpha value is -3.97. The summed E-state index contributed by atoms with van der Waals surface area (Å²) >= 11 is 0. The highest BCUT2D eigenvalue weighted by molar-refractivity contribution is 6.09. The number of hydrogen-bond acceptors (Lipinski definition) is 3. The lowest BCUT2D eigenvalue weighted by atomic mass is 10.0. The van der Waals surface area contributed by atoms with Crippen molar-refractivity contribution < 1.29 is 35.9 Å². The van der Waals surface area contributed by atoms with Crippen molar-refractivity contribution in [3.63, 3.8) is 0 Å². The molecule has 5 aromatic rings. The number of fused-ring (bicyclic) bond motifs is 3. The smallest absolute Gasteiger partial charge is 0.328 e. The van der Waals surface area contributed by atoms with Gasteiger partial charge in [-0.1, -0.05) is 92.7 Å². The van der Waals surface area contributed by atoms with Crippen LogP contribution in [0.1, 0.15) is 48.8 Å². The summed E-state index contributed by atoms with van der Waals surface area (Å²) in [5, 5.41) is 5.10. The number of carbonyl (C=O) groups is 2. The molecular weight excluding hydrogens is 590 g/mol. The molecule has 3 aromatic carbocycles. The van der Waals surface area contributed by atoms with Crippen molar-refractivity contribution in [2.24, 2.45) is 5.92 Å². The standard InChI is InChI=1S/C35H37N3O3.BrH/c1-4-41-35(40)33(25(2)3)36-34(39)31-22-29-28-19-11-12-20-30(28)38(21-13-18-26-14-7-5-8-15-26)32(29)24-37(31)23-27-16-9-6-10-17-27;/h5-12,14-17,19-20,22,24-25,33H,4,13,18,21,23H2,1-3H3;1H/t33-;/m0./s1. The number of ether oxygens (including phenoxy) is 1. The molecule has 1 N–H and O–H groups in total. The van der Waals surface area contributed by atoms with Crippen molar-refractivity contribution in [1.29, 1.82) is 0 Å². The van der Waals surface area contributed by atoms with Crippen LogP contribution in [0.2, 0.25) is 0 Å². The van der Waals surface area contributed by atoms with Gasteiger partial charge in [-0.15, -0.1) is 0 Å². The van der Waals surface area contributed by atoms with Crippen LogP contribution in [0.3, 0.4) is 0 Å². The normalized spacial score (nSPS) is 11.8. The van der Waals surface area contributed by atoms with Crippen molar-refractivity contribution in [1.82, 2.24) is 9.88 Å². The first-order chi connectivity index (χ1) is 20.0. The van der Waals surface area contributed by atoms with E-state index in [1.807, 2.05) is 54.8 Å². The summed E-state index contributed by atoms with van der Waals surface area (Å²) < 4.78 is 9.63. The van der Waals surface area contributed by atoms with E-state index in [0.717, 1.165) is 46.8 Å². The van der Waals surface area contributed by atoms with E-state index in [-0.39, 0.29) is 35.4 Å². The molecule has 7 heteroatoms. The monoisotopic (exact) mass is 627 g/mol. The van der Waals surface area contributed by atoms with Crippen LogP contribution in [-0.2, 0) is 29.0 Å². The molecule has 1 amide bonds. The molecule has 0 spiro atoms. The van der Waals surface area contributed by atoms with Gasteiger partial charge in [-0.05, 0) is 37.3 Å². The fourth-order valence-corrected chi connectivity index (χ4v) is 5.46. The lowest BCUT2D eigenvalue weighted by Gasteiger charge is -2.20. The second-order valence-corrected chi connectivity index (χ2v) is 10.8. The molecule has 0 aliphatic rings. The topological polar surface area (TPSA) is 64.2 Å². The highest BCUT2D eigenvalue weighted by Gasteiger charge is 2.30. The van der Waals surface area contributed by atoms with Crippen molar-refractivity contribution in [2.75, 3.05) is 6.61 Å². The number of para-hydroxylation sites is 1. The van der Waals surface area contributed by atoms with E-state index in [9.17, 15) is 9.59 Å². The van der Waals surface area contributed by atoms with Crippen LogP contribution in [0.15, 0.2) is 97.2 Å². The van der Waals surface area contributed by atoms with Gasteiger partial charge in [0, 0.05) is 34.5 Å². The average molecular weight is 629 g/mol. The first-order valence-corrected chi connectivity index (χ1v) is 14.5. The molecule has 0 aliphatic carbocycles. The second kappa shape index (κ2) is 14.3. The zero-order chi connectivity index (χ0) is 28.8. The van der Waals surface area contributed by atoms with Crippen LogP contribution in [0.5, 0.6) is 0 Å². The first-order valence-electron chi connectivity index (χ1n) is 14.5. The maximum Gasteiger partial charge on any atom is 0.328 e. The van der Waals surface area contributed by atoms with Crippen molar-refractivity contribution in [2.45, 2.75) is 52.7 Å². The van der Waals surface area contributed by atoms with E-state index in [2.05, 4.69) is 70.7 Å². The molecule has 42 heavy (non-hydrogen) atoms. The molecule has 0 radical (unpaired) electrons. The number of rotatable bonds is 11. The maximum atomic E-state index is 13.8. The third-order valence-electron chi connectivity index (χ3n) is 7.53. The second-order valence-electron chi connectivity index (χ2n) is 10.8. The van der Waals surface area contributed by atoms with Gasteiger partial charge in [-0.3, -0.25) is 4.79 Å². The summed E-state index contributed by atoms with van der Waals surface area (Å²) in [6, 6.07) is 30.3. The lowest BCUT2D eigenvalue weighted by molar-refractivity contribution is -0.689. The molecule has 6 nitrogen and oxygen atoms in total. The van der Waals surface area contributed by atoms with Gasteiger partial charge in [-0.25, -0.2) is 4.79 Å². The van der Waals surface area contributed by atoms with Crippen LogP contribution in [-0.4, -0.2) is 29.1 Å². The van der Waals surface area contributed by atoms with E-state index in [1.54, 1.807) is 6.92 Å². The molecule has 0 saturated heterocycles. The molecule has 2 aromatic heterocycles. The van der Waals surface area contributed by atoms with Gasteiger partial charge in [0.15, 0.2) is 12.7 Å². The van der Waals surface area contributed by atoms with Gasteiger partial charge in [0.2, 0.25) is 0 Å². The summed E-state index contributed by atoms with van der Waals surface area (Å²) in [6.07, 6.45) is 4.08. The fourth-order valence-electron chi connectivity index (χ4n) is 5.46. The minimum atomic E-state index is -0.734. The Balaban J connectivity index is 0.00000405. The Morgan fingerprint density at radius 2 is 1.50 bits per heavy atom. The zero-order valence-electron chi connectivity index (χ0n) is 24.4. The van der Waals surface area contributed by atoms with E-state index < -0.39 is 12.0 Å². The Kier molecular flexibility index (Phi) is 10.5. The lowest BCUT2D eigenvalue weighted by Crippen LogP contribution is -3.00. The Morgan fingerprint density at radius 1 is 0.857 bits per heavy atom. The molecule has 2 heterocycles. The third-order valence-corrected chi connectivity index (χ3v) is 7.53. The van der Waals surface area contributed by atoms with E-state index in [0.29, 0.717) is 12.2 Å². The number of carbonyl (C=O) groups excluding carboxylic acids is 2. The maximum absolute atomic E-state index is 13.8. The van der Waals surface area contributed by atoms with E-state index in [1.165, 1.54) is 5.56 Å². The Labute approximate surface area is 258 Å². The van der Waals surface area contributed by atoms with Gasteiger partial charge < -0.3 is 31.6 Å². The predicted molar refractivity (Wildman–Crippen MR) is 163 cm³/mol. The number of aromatic nitrogens is 2. The van der Waals surface area contributed by atoms with Crippen molar-refractivity contribution in [3.8, 4) is 0 Å². The average Bonchev–Trinajstić information content (AvgIpc) is 3.29. The number of aryl methyl sites for hydroxylation is 2. The summed E-state index contributed by atoms with van der Waals surface area (Å²) in [6.45, 7) is 7.24. The van der Waals surface area contributed by atoms with Crippen molar-refractivity contribution in [3.05, 3.63) is 114 Å². The van der Waals surface area contributed by atoms with Gasteiger partial charge in [-0.2, -0.15) is 4.57 Å². The number of amides is 1. The number of pyridine rings is 1. The summed E-state index contributed by atoms with van der Waals surface area (Å²) in [4.78, 5) is 26.5. The number of esters is 1. The highest BCUT2D eigenvalue weighted by Crippen LogP contribution is 2.29. The minimum absolute atomic E-state index is 0. The number of halogens is 1. The Bertz CT molecular complexity index is 1650. The van der Waals surface area contributed by atoms with Gasteiger partial charge in [0.25, 0.3) is 5.69 Å². The molecule has 0 bridgehead atoms. The molecule has 1 atom stereocenters. The van der Waals surface area contributed by atoms with Gasteiger partial charge >= 0.3 is 11.9 Å². The third kappa shape index (κ3) is 6.90. The quantitative estimate of drug-likeness (QED) is 0.181. The van der Waals surface area contributed by atoms with Crippen LogP contribution in [0.25, 0.3) is 21.8 Å². The fraction of sp³-hybridized carbons (Fsp3) is 0.286. The summed E-state index contributed by atoms with van der Waals surface area (Å²) in [5.74, 6) is -0.826. The van der Waals surface area contributed by atoms with Gasteiger partial charge in [0.05, 0.1) is 6.61 Å². The molecule has 0 fully saturated rings. The predicted octanol–water partition coefficient (Wildman–Crippen LogP) is 3.08. The first kappa shape index (κ1) is 31.0. The highest BCUT2D eigenvalue weighted by atomic mass is 79.9. The van der Waals surface area contributed by atoms with Crippen LogP contribution in [0, 0.1) is 5.92 Å². The number of benzene rings is 3. The zero-order valence-corrected chi connectivity index (χ0v) is 26.0. The summed E-state index contributed by atoms with van der Waals surface area (Å²) in [5.41, 5.74) is 5.14. The molecule has 0 unspecified atom stereocenters. The van der Waals surface area contributed by atoms with E-state index in [4.69, 9.17) is 4.74 Å². The van der Waals surface area contributed by atoms with Crippen molar-refractivity contribution >= 4 is 33.7 Å². The van der Waals surface area contributed by atoms with Crippen LogP contribution < -0.4 is 26.9 Å². The molecule has 0 aliphatic heterocycles. The molecular formula is C35H38BrN3O3. The molecule has 218 valence electrons. The van der Waals surface area contributed by atoms with E-state index >= 15 is 0 Å². The molecule has 5 rings (SSSR count). The number of hydrogen-bond donors (Lipinski definition) is 1.